The lowest BCUT2D eigenvalue weighted by Gasteiger charge is -2.12. The molecule has 0 saturated carbocycles. The molecule has 6 nitrogen and oxygen atoms in total. The number of carbonyl (C=O) groups excluding carboxylic acids is 2. The van der Waals surface area contributed by atoms with Crippen LogP contribution in [0.25, 0.3) is 12.2 Å². The summed E-state index contributed by atoms with van der Waals surface area (Å²) in [5.41, 5.74) is 5.77. The largest absolute Gasteiger partial charge is 0.378 e. The molecule has 3 aromatic carbocycles. The highest BCUT2D eigenvalue weighted by atomic mass is 79.9. The molecule has 34 heavy (non-hydrogen) atoms. The fraction of sp³-hybridized carbons (Fsp3) is 0.0741. The predicted octanol–water partition coefficient (Wildman–Crippen LogP) is 5.06. The van der Waals surface area contributed by atoms with Crippen molar-refractivity contribution in [2.75, 3.05) is 19.0 Å². The van der Waals surface area contributed by atoms with Gasteiger partial charge in [0, 0.05) is 29.8 Å². The standard InChI is InChI=1S/C27H25BrN4O2/c1-32(2)24-15-13-21(14-16-24)18-25(30-26(33)22-11-7-4-8-12-22)27(34)31-29-19-23(28)17-20-9-5-3-6-10-20/h3-19H,1-2H3,(H,30,33)(H,31,34)/b23-17-,25-18-,29-19+. The van der Waals surface area contributed by atoms with Gasteiger partial charge in [-0.1, -0.05) is 60.7 Å². The molecule has 0 aliphatic heterocycles. The summed E-state index contributed by atoms with van der Waals surface area (Å²) in [5.74, 6) is -0.932. The maximum atomic E-state index is 12.9. The number of allylic oxidation sites excluding steroid dienone is 1. The quantitative estimate of drug-likeness (QED) is 0.249. The Balaban J connectivity index is 1.78. The summed E-state index contributed by atoms with van der Waals surface area (Å²) in [4.78, 5) is 27.5. The smallest absolute Gasteiger partial charge is 0.287 e. The van der Waals surface area contributed by atoms with Crippen molar-refractivity contribution in [1.82, 2.24) is 10.7 Å². The molecule has 0 heterocycles. The minimum absolute atomic E-state index is 0.0757. The van der Waals surface area contributed by atoms with E-state index in [4.69, 9.17) is 0 Å². The molecule has 3 aromatic rings. The summed E-state index contributed by atoms with van der Waals surface area (Å²) in [6, 6.07) is 26.0. The Hall–Kier alpha value is -3.97. The first kappa shape index (κ1) is 24.7. The first-order valence-electron chi connectivity index (χ1n) is 10.5. The van der Waals surface area contributed by atoms with Gasteiger partial charge in [-0.15, -0.1) is 0 Å². The summed E-state index contributed by atoms with van der Waals surface area (Å²) in [5, 5.41) is 6.71. The average molecular weight is 517 g/mol. The molecule has 0 fully saturated rings. The van der Waals surface area contributed by atoms with Gasteiger partial charge in [-0.25, -0.2) is 5.43 Å². The third-order valence-electron chi connectivity index (χ3n) is 4.71. The van der Waals surface area contributed by atoms with E-state index in [0.29, 0.717) is 10.0 Å². The van der Waals surface area contributed by atoms with Crippen LogP contribution in [0.4, 0.5) is 5.69 Å². The maximum Gasteiger partial charge on any atom is 0.287 e. The predicted molar refractivity (Wildman–Crippen MR) is 143 cm³/mol. The van der Waals surface area contributed by atoms with Gasteiger partial charge in [0.2, 0.25) is 0 Å². The van der Waals surface area contributed by atoms with Crippen LogP contribution in [0.1, 0.15) is 21.5 Å². The van der Waals surface area contributed by atoms with Crippen LogP contribution in [0, 0.1) is 0 Å². The number of halogens is 1. The van der Waals surface area contributed by atoms with E-state index in [9.17, 15) is 9.59 Å². The molecule has 0 unspecified atom stereocenters. The van der Waals surface area contributed by atoms with Crippen LogP contribution in [0.2, 0.25) is 0 Å². The van der Waals surface area contributed by atoms with E-state index in [1.807, 2.05) is 85.7 Å². The third-order valence-corrected chi connectivity index (χ3v) is 5.14. The van der Waals surface area contributed by atoms with E-state index in [1.165, 1.54) is 6.21 Å². The molecular weight excluding hydrogens is 492 g/mol. The van der Waals surface area contributed by atoms with Crippen LogP contribution in [0.5, 0.6) is 0 Å². The van der Waals surface area contributed by atoms with Gasteiger partial charge in [0.25, 0.3) is 11.8 Å². The molecule has 0 bridgehead atoms. The van der Waals surface area contributed by atoms with Crippen molar-refractivity contribution in [2.24, 2.45) is 5.10 Å². The number of nitrogens with zero attached hydrogens (tertiary/aromatic N) is 2. The summed E-state index contributed by atoms with van der Waals surface area (Å²) in [6.07, 6.45) is 4.96. The number of rotatable bonds is 8. The Kier molecular flexibility index (Phi) is 8.94. The molecule has 7 heteroatoms. The fourth-order valence-corrected chi connectivity index (χ4v) is 3.30. The first-order chi connectivity index (χ1) is 16.4. The van der Waals surface area contributed by atoms with Crippen LogP contribution in [0.15, 0.2) is 100 Å². The average Bonchev–Trinajstić information content (AvgIpc) is 2.85. The van der Waals surface area contributed by atoms with Gasteiger partial charge in [0.1, 0.15) is 5.70 Å². The lowest BCUT2D eigenvalue weighted by molar-refractivity contribution is -0.117. The molecule has 0 aromatic heterocycles. The molecule has 2 N–H and O–H groups in total. The van der Waals surface area contributed by atoms with Crippen molar-refractivity contribution in [3.8, 4) is 0 Å². The van der Waals surface area contributed by atoms with E-state index in [0.717, 1.165) is 16.8 Å². The Labute approximate surface area is 207 Å². The number of carbonyl (C=O) groups is 2. The fourth-order valence-electron chi connectivity index (χ4n) is 2.94. The molecule has 0 atom stereocenters. The number of hydrogen-bond acceptors (Lipinski definition) is 4. The van der Waals surface area contributed by atoms with Gasteiger partial charge >= 0.3 is 0 Å². The SMILES string of the molecule is CN(C)c1ccc(/C=C(\NC(=O)c2ccccc2)C(=O)N/N=C/C(Br)=C/c2ccccc2)cc1. The molecule has 0 spiro atoms. The van der Waals surface area contributed by atoms with Crippen molar-refractivity contribution in [3.63, 3.8) is 0 Å². The van der Waals surface area contributed by atoms with Crippen molar-refractivity contribution < 1.29 is 9.59 Å². The lowest BCUT2D eigenvalue weighted by Crippen LogP contribution is -2.32. The molecule has 3 rings (SSSR count). The van der Waals surface area contributed by atoms with Gasteiger partial charge < -0.3 is 10.2 Å². The first-order valence-corrected chi connectivity index (χ1v) is 11.3. The lowest BCUT2D eigenvalue weighted by atomic mass is 10.1. The molecular formula is C27H25BrN4O2. The molecule has 0 saturated heterocycles. The van der Waals surface area contributed by atoms with Crippen LogP contribution in [0.3, 0.4) is 0 Å². The highest BCUT2D eigenvalue weighted by molar-refractivity contribution is 9.12. The number of hydrogen-bond donors (Lipinski definition) is 2. The van der Waals surface area contributed by atoms with Crippen molar-refractivity contribution in [1.29, 1.82) is 0 Å². The second kappa shape index (κ2) is 12.3. The summed E-state index contributed by atoms with van der Waals surface area (Å²) in [7, 11) is 3.90. The van der Waals surface area contributed by atoms with Gasteiger partial charge in [0.05, 0.1) is 6.21 Å². The van der Waals surface area contributed by atoms with Gasteiger partial charge in [-0.05, 0) is 63.5 Å². The summed E-state index contributed by atoms with van der Waals surface area (Å²) < 4.78 is 0.678. The van der Waals surface area contributed by atoms with Crippen LogP contribution in [-0.4, -0.2) is 32.1 Å². The van der Waals surface area contributed by atoms with Crippen LogP contribution in [-0.2, 0) is 4.79 Å². The normalized spacial score (nSPS) is 11.9. The van der Waals surface area contributed by atoms with E-state index in [2.05, 4.69) is 31.8 Å². The minimum Gasteiger partial charge on any atom is -0.378 e. The minimum atomic E-state index is -0.544. The van der Waals surface area contributed by atoms with E-state index < -0.39 is 5.91 Å². The Bertz CT molecular complexity index is 1200. The van der Waals surface area contributed by atoms with Crippen LogP contribution >= 0.6 is 15.9 Å². The number of benzene rings is 3. The second-order valence-corrected chi connectivity index (χ2v) is 8.42. The van der Waals surface area contributed by atoms with Gasteiger partial charge in [-0.2, -0.15) is 5.10 Å². The molecule has 172 valence electrons. The van der Waals surface area contributed by atoms with Crippen molar-refractivity contribution in [2.45, 2.75) is 0 Å². The Morgan fingerprint density at radius 1 is 0.824 bits per heavy atom. The highest BCUT2D eigenvalue weighted by Gasteiger charge is 2.14. The Morgan fingerprint density at radius 3 is 2.03 bits per heavy atom. The topological polar surface area (TPSA) is 73.8 Å². The van der Waals surface area contributed by atoms with E-state index in [1.54, 1.807) is 30.3 Å². The van der Waals surface area contributed by atoms with Crippen LogP contribution < -0.4 is 15.6 Å². The van der Waals surface area contributed by atoms with E-state index >= 15 is 0 Å². The molecule has 0 aliphatic rings. The zero-order valence-electron chi connectivity index (χ0n) is 18.9. The number of anilines is 1. The van der Waals surface area contributed by atoms with Crippen molar-refractivity contribution in [3.05, 3.63) is 112 Å². The zero-order valence-corrected chi connectivity index (χ0v) is 20.5. The summed E-state index contributed by atoms with van der Waals surface area (Å²) >= 11 is 3.42. The van der Waals surface area contributed by atoms with E-state index in [-0.39, 0.29) is 11.6 Å². The molecule has 0 radical (unpaired) electrons. The monoisotopic (exact) mass is 516 g/mol. The Morgan fingerprint density at radius 2 is 1.41 bits per heavy atom. The second-order valence-electron chi connectivity index (χ2n) is 7.50. The molecule has 0 aliphatic carbocycles. The zero-order chi connectivity index (χ0) is 24.3. The number of hydrazone groups is 1. The molecule has 2 amide bonds. The van der Waals surface area contributed by atoms with Gasteiger partial charge in [0.15, 0.2) is 0 Å². The summed E-state index contributed by atoms with van der Waals surface area (Å²) in [6.45, 7) is 0. The maximum absolute atomic E-state index is 12.9. The number of nitrogens with one attached hydrogen (secondary N) is 2. The highest BCUT2D eigenvalue weighted by Crippen LogP contribution is 2.15. The number of amides is 2. The van der Waals surface area contributed by atoms with Gasteiger partial charge in [-0.3, -0.25) is 9.59 Å². The van der Waals surface area contributed by atoms with Crippen molar-refractivity contribution >= 4 is 51.8 Å². The third kappa shape index (κ3) is 7.56.